The fourth-order valence-corrected chi connectivity index (χ4v) is 3.42. The maximum absolute atomic E-state index is 11.9. The molecule has 1 fully saturated rings. The number of pyridine rings is 1. The van der Waals surface area contributed by atoms with Crippen LogP contribution < -0.4 is 5.43 Å². The van der Waals surface area contributed by atoms with Crippen LogP contribution in [0.4, 0.5) is 0 Å². The molecule has 0 aliphatic carbocycles. The molecule has 0 bridgehead atoms. The molecule has 124 valence electrons. The Morgan fingerprint density at radius 1 is 1.41 bits per heavy atom. The van der Waals surface area contributed by atoms with Crippen molar-refractivity contribution in [3.8, 4) is 5.75 Å². The summed E-state index contributed by atoms with van der Waals surface area (Å²) in [5.74, 6) is -0.174. The maximum Gasteiger partial charge on any atom is 0.223 e. The number of piperidine rings is 1. The summed E-state index contributed by atoms with van der Waals surface area (Å²) in [5.41, 5.74) is 1.08. The molecule has 2 unspecified atom stereocenters. The molecule has 1 aromatic rings. The van der Waals surface area contributed by atoms with Crippen LogP contribution in [-0.2, 0) is 13.1 Å². The van der Waals surface area contributed by atoms with E-state index < -0.39 is 6.10 Å². The van der Waals surface area contributed by atoms with Gasteiger partial charge in [0.05, 0.1) is 11.8 Å². The minimum absolute atomic E-state index is 0.174. The second-order valence-electron chi connectivity index (χ2n) is 6.43. The summed E-state index contributed by atoms with van der Waals surface area (Å²) in [4.78, 5) is 14.3. The molecular formula is C17H28N2O3. The van der Waals surface area contributed by atoms with Gasteiger partial charge in [0.15, 0.2) is 5.75 Å². The molecule has 5 nitrogen and oxygen atoms in total. The van der Waals surface area contributed by atoms with Crippen LogP contribution in [0.1, 0.15) is 50.9 Å². The average Bonchev–Trinajstić information content (AvgIpc) is 2.48. The second kappa shape index (κ2) is 7.29. The third-order valence-corrected chi connectivity index (χ3v) is 4.62. The van der Waals surface area contributed by atoms with Crippen molar-refractivity contribution >= 4 is 0 Å². The number of hydrogen-bond donors (Lipinski definition) is 2. The SMILES string of the molecule is CCC1CCCCN1Cc1c(O)c(=O)cc(C)n1CC(C)O. The Kier molecular flexibility index (Phi) is 5.64. The van der Waals surface area contributed by atoms with Gasteiger partial charge in [-0.2, -0.15) is 0 Å². The largest absolute Gasteiger partial charge is 0.503 e. The van der Waals surface area contributed by atoms with Crippen molar-refractivity contribution in [3.63, 3.8) is 0 Å². The van der Waals surface area contributed by atoms with E-state index in [1.165, 1.54) is 18.9 Å². The first-order valence-corrected chi connectivity index (χ1v) is 8.28. The van der Waals surface area contributed by atoms with Crippen molar-refractivity contribution in [1.29, 1.82) is 0 Å². The number of aryl methyl sites for hydroxylation is 1. The molecule has 1 aliphatic heterocycles. The van der Waals surface area contributed by atoms with E-state index in [0.717, 1.165) is 25.1 Å². The van der Waals surface area contributed by atoms with Gasteiger partial charge in [0.2, 0.25) is 5.43 Å². The Morgan fingerprint density at radius 3 is 2.77 bits per heavy atom. The monoisotopic (exact) mass is 308 g/mol. The summed E-state index contributed by atoms with van der Waals surface area (Å²) in [6, 6.07) is 1.94. The molecule has 0 aromatic carbocycles. The highest BCUT2D eigenvalue weighted by molar-refractivity contribution is 5.30. The number of hydrogen-bond acceptors (Lipinski definition) is 4. The molecule has 1 saturated heterocycles. The van der Waals surface area contributed by atoms with Crippen molar-refractivity contribution in [2.24, 2.45) is 0 Å². The number of likely N-dealkylation sites (tertiary alicyclic amines) is 1. The predicted molar refractivity (Wildman–Crippen MR) is 87.1 cm³/mol. The van der Waals surface area contributed by atoms with E-state index in [0.29, 0.717) is 24.8 Å². The Bertz CT molecular complexity index is 566. The van der Waals surface area contributed by atoms with E-state index in [2.05, 4.69) is 11.8 Å². The zero-order chi connectivity index (χ0) is 16.3. The number of aliphatic hydroxyl groups excluding tert-OH is 1. The van der Waals surface area contributed by atoms with Gasteiger partial charge in [0.1, 0.15) is 0 Å². The van der Waals surface area contributed by atoms with Gasteiger partial charge in [0, 0.05) is 30.9 Å². The molecule has 0 spiro atoms. The molecule has 1 aromatic heterocycles. The smallest absolute Gasteiger partial charge is 0.223 e. The molecule has 0 amide bonds. The van der Waals surface area contributed by atoms with Crippen molar-refractivity contribution in [2.75, 3.05) is 6.54 Å². The molecule has 2 rings (SSSR count). The molecule has 2 N–H and O–H groups in total. The van der Waals surface area contributed by atoms with E-state index in [4.69, 9.17) is 0 Å². The average molecular weight is 308 g/mol. The van der Waals surface area contributed by atoms with Gasteiger partial charge in [-0.1, -0.05) is 13.3 Å². The van der Waals surface area contributed by atoms with Gasteiger partial charge in [-0.15, -0.1) is 0 Å². The van der Waals surface area contributed by atoms with Crippen molar-refractivity contribution in [3.05, 3.63) is 27.7 Å². The number of rotatable bonds is 5. The summed E-state index contributed by atoms with van der Waals surface area (Å²) in [6.45, 7) is 7.69. The van der Waals surface area contributed by atoms with E-state index in [1.54, 1.807) is 6.92 Å². The first-order valence-electron chi connectivity index (χ1n) is 8.28. The molecular weight excluding hydrogens is 280 g/mol. The van der Waals surface area contributed by atoms with E-state index in [-0.39, 0.29) is 11.2 Å². The molecule has 22 heavy (non-hydrogen) atoms. The summed E-state index contributed by atoms with van der Waals surface area (Å²) < 4.78 is 1.88. The summed E-state index contributed by atoms with van der Waals surface area (Å²) in [6.07, 6.45) is 4.12. The Morgan fingerprint density at radius 2 is 2.14 bits per heavy atom. The van der Waals surface area contributed by atoms with Crippen molar-refractivity contribution < 1.29 is 10.2 Å². The lowest BCUT2D eigenvalue weighted by Crippen LogP contribution is -2.39. The third kappa shape index (κ3) is 3.70. The van der Waals surface area contributed by atoms with E-state index in [9.17, 15) is 15.0 Å². The highest BCUT2D eigenvalue weighted by atomic mass is 16.3. The van der Waals surface area contributed by atoms with Crippen LogP contribution in [0.3, 0.4) is 0 Å². The Hall–Kier alpha value is -1.33. The number of nitrogens with zero attached hydrogens (tertiary/aromatic N) is 2. The van der Waals surface area contributed by atoms with Crippen LogP contribution in [0.25, 0.3) is 0 Å². The lowest BCUT2D eigenvalue weighted by molar-refractivity contribution is 0.126. The standard InChI is InChI=1S/C17H28N2O3/c1-4-14-7-5-6-8-18(14)11-15-17(22)16(21)9-12(2)19(15)10-13(3)20/h9,13-14,20,22H,4-8,10-11H2,1-3H3. The minimum Gasteiger partial charge on any atom is -0.503 e. The topological polar surface area (TPSA) is 65.7 Å². The summed E-state index contributed by atoms with van der Waals surface area (Å²) in [5, 5.41) is 20.0. The zero-order valence-electron chi connectivity index (χ0n) is 13.9. The third-order valence-electron chi connectivity index (χ3n) is 4.62. The van der Waals surface area contributed by atoms with Crippen LogP contribution in [-0.4, -0.2) is 38.4 Å². The van der Waals surface area contributed by atoms with Crippen molar-refractivity contribution in [1.82, 2.24) is 9.47 Å². The Labute approximate surface area is 132 Å². The van der Waals surface area contributed by atoms with Crippen LogP contribution in [0.2, 0.25) is 0 Å². The first kappa shape index (κ1) is 17.0. The van der Waals surface area contributed by atoms with Crippen molar-refractivity contribution in [2.45, 2.75) is 71.7 Å². The Balaban J connectivity index is 2.37. The summed E-state index contributed by atoms with van der Waals surface area (Å²) >= 11 is 0. The van der Waals surface area contributed by atoms with Gasteiger partial charge < -0.3 is 14.8 Å². The quantitative estimate of drug-likeness (QED) is 0.873. The fourth-order valence-electron chi connectivity index (χ4n) is 3.42. The lowest BCUT2D eigenvalue weighted by Gasteiger charge is -2.36. The van der Waals surface area contributed by atoms with Gasteiger partial charge in [0.25, 0.3) is 0 Å². The predicted octanol–water partition coefficient (Wildman–Crippen LogP) is 2.01. The summed E-state index contributed by atoms with van der Waals surface area (Å²) in [7, 11) is 0. The molecule has 5 heteroatoms. The molecule has 2 heterocycles. The highest BCUT2D eigenvalue weighted by Crippen LogP contribution is 2.24. The zero-order valence-corrected chi connectivity index (χ0v) is 13.9. The lowest BCUT2D eigenvalue weighted by atomic mass is 9.99. The minimum atomic E-state index is -0.525. The fraction of sp³-hybridized carbons (Fsp3) is 0.706. The van der Waals surface area contributed by atoms with Crippen LogP contribution >= 0.6 is 0 Å². The van der Waals surface area contributed by atoms with Gasteiger partial charge in [-0.3, -0.25) is 9.69 Å². The molecule has 1 aliphatic rings. The van der Waals surface area contributed by atoms with Crippen LogP contribution in [0.5, 0.6) is 5.75 Å². The van der Waals surface area contributed by atoms with E-state index >= 15 is 0 Å². The molecule has 2 atom stereocenters. The molecule has 0 saturated carbocycles. The molecule has 0 radical (unpaired) electrons. The van der Waals surface area contributed by atoms with E-state index in [1.807, 2.05) is 11.5 Å². The van der Waals surface area contributed by atoms with Gasteiger partial charge in [-0.25, -0.2) is 0 Å². The van der Waals surface area contributed by atoms with Crippen LogP contribution in [0.15, 0.2) is 10.9 Å². The second-order valence-corrected chi connectivity index (χ2v) is 6.43. The first-order chi connectivity index (χ1) is 10.4. The number of aliphatic hydroxyl groups is 1. The van der Waals surface area contributed by atoms with Gasteiger partial charge in [-0.05, 0) is 39.7 Å². The maximum atomic E-state index is 11.9. The highest BCUT2D eigenvalue weighted by Gasteiger charge is 2.24. The number of aromatic nitrogens is 1. The number of aromatic hydroxyl groups is 1. The normalized spacial score (nSPS) is 21.0. The van der Waals surface area contributed by atoms with Crippen LogP contribution in [0, 0.1) is 6.92 Å². The van der Waals surface area contributed by atoms with Gasteiger partial charge >= 0.3 is 0 Å².